The van der Waals surface area contributed by atoms with Gasteiger partial charge < -0.3 is 113 Å². The van der Waals surface area contributed by atoms with Crippen molar-refractivity contribution < 1.29 is 123 Å². The highest BCUT2D eigenvalue weighted by Crippen LogP contribution is 2.48. The minimum atomic E-state index is -2.71. The molecule has 0 spiro atoms. The fraction of sp³-hybridized carbons (Fsp3) is 0.769. The Hall–Kier alpha value is -3.36. The number of phenols is 2. The van der Waals surface area contributed by atoms with E-state index in [0.29, 0.717) is 0 Å². The van der Waals surface area contributed by atoms with E-state index in [1.165, 1.54) is 40.0 Å². The number of fused-ring (bicyclic) bond motifs is 2. The first-order valence-corrected chi connectivity index (χ1v) is 26.2. The number of ether oxygens (including phenoxy) is 12. The van der Waals surface area contributed by atoms with E-state index in [0.717, 1.165) is 7.11 Å². The molecular weight excluding hydrogens is 1020 g/mol. The Morgan fingerprint density at radius 1 is 0.675 bits per heavy atom. The molecule has 5 fully saturated rings. The SMILES string of the molecule is CO[C@H](C(=O)[C@@H](O)[C@@H](C)O)[C@@H]1Cc2cc3cc(O[C@H]4C[C@@H](O[C@H]5C[C@@H](O)[C@H](O)C(C)O5)[C@H](O)C(C)O4)c(C)c(O)c3c(O)c2C(=O)[C@H]1O[C@H]1C[C@@H](O[C@H]2C[C@@H](O[C@H]3C[C@@H](OC)[C@H](O)C(C)O3)[C@@H](O)C(C)O2)C(O)(O)C(C)O1. The molecule has 6 aliphatic rings. The standard InChI is InChI=1S/C52H76O25/c1-18-29(73-36-15-31(45(59)22(5)70-36)74-34-13-28(54)43(57)20(3)68-34)12-26-10-25-11-27(50(67-9)49(63)42(56)19(2)53)51(48(62)40(25)47(61)39(26)41(18)55)77-38-17-33(52(64,65)24(7)72-38)76-37-16-32(46(60)23(6)71-37)75-35-14-30(66-8)44(58)21(4)69-35/h10,12,19-24,27-28,30-38,42-46,50-51,53-61,64-65H,11,13-17H2,1-9H3/t19-,20?,21?,22?,23?,24?,27+,28-,30-,31-,32-,33-,34+,35+,36+,37+,38+,42+,43-,44-,45-,46+,50+,51+/m1/s1. The molecule has 77 heavy (non-hydrogen) atoms. The van der Waals surface area contributed by atoms with E-state index in [2.05, 4.69) is 0 Å². The van der Waals surface area contributed by atoms with Crippen LogP contribution in [0, 0.1) is 12.8 Å². The normalized spacial score (nSPS) is 40.9. The smallest absolute Gasteiger partial charge is 0.217 e. The summed E-state index contributed by atoms with van der Waals surface area (Å²) in [5.41, 5.74) is -0.0301. The van der Waals surface area contributed by atoms with Crippen LogP contribution >= 0.6 is 0 Å². The van der Waals surface area contributed by atoms with E-state index in [9.17, 15) is 61.0 Å². The number of ketones is 2. The molecule has 8 rings (SSSR count). The van der Waals surface area contributed by atoms with Crippen LogP contribution in [0.5, 0.6) is 17.2 Å². The van der Waals surface area contributed by atoms with Crippen LogP contribution in [0.25, 0.3) is 10.8 Å². The van der Waals surface area contributed by atoms with Gasteiger partial charge in [-0.2, -0.15) is 0 Å². The molecule has 0 bridgehead atoms. The first kappa shape index (κ1) is 59.8. The first-order chi connectivity index (χ1) is 36.2. The van der Waals surface area contributed by atoms with Crippen molar-refractivity contribution in [2.45, 2.75) is 234 Å². The van der Waals surface area contributed by atoms with E-state index in [4.69, 9.17) is 56.8 Å². The Labute approximate surface area is 444 Å². The van der Waals surface area contributed by atoms with Gasteiger partial charge in [0.25, 0.3) is 0 Å². The lowest BCUT2D eigenvalue weighted by molar-refractivity contribution is -0.387. The zero-order valence-electron chi connectivity index (χ0n) is 44.4. The summed E-state index contributed by atoms with van der Waals surface area (Å²) >= 11 is 0. The average molecular weight is 1100 g/mol. The maximum Gasteiger partial charge on any atom is 0.217 e. The van der Waals surface area contributed by atoms with Crippen LogP contribution < -0.4 is 4.74 Å². The van der Waals surface area contributed by atoms with Crippen LogP contribution in [0.3, 0.4) is 0 Å². The Kier molecular flexibility index (Phi) is 18.6. The molecule has 0 amide bonds. The van der Waals surface area contributed by atoms with Gasteiger partial charge in [0.05, 0.1) is 65.9 Å². The summed E-state index contributed by atoms with van der Waals surface area (Å²) in [7, 11) is 2.60. The Balaban J connectivity index is 1.05. The van der Waals surface area contributed by atoms with Gasteiger partial charge in [-0.15, -0.1) is 0 Å². The van der Waals surface area contributed by atoms with Crippen molar-refractivity contribution in [3.05, 3.63) is 28.8 Å². The highest BCUT2D eigenvalue weighted by atomic mass is 16.8. The molecule has 0 saturated carbocycles. The highest BCUT2D eigenvalue weighted by Gasteiger charge is 2.54. The van der Waals surface area contributed by atoms with Crippen molar-refractivity contribution in [2.75, 3.05) is 14.2 Å². The lowest BCUT2D eigenvalue weighted by atomic mass is 9.75. The van der Waals surface area contributed by atoms with E-state index in [-0.39, 0.29) is 65.3 Å². The van der Waals surface area contributed by atoms with Gasteiger partial charge in [0, 0.05) is 57.8 Å². The van der Waals surface area contributed by atoms with Gasteiger partial charge >= 0.3 is 0 Å². The number of aliphatic hydroxyl groups excluding tert-OH is 7. The topological polar surface area (TPSA) is 367 Å². The largest absolute Gasteiger partial charge is 0.507 e. The molecule has 5 saturated heterocycles. The predicted molar refractivity (Wildman–Crippen MR) is 260 cm³/mol. The monoisotopic (exact) mass is 1100 g/mol. The summed E-state index contributed by atoms with van der Waals surface area (Å²) in [4.78, 5) is 29.0. The van der Waals surface area contributed by atoms with Gasteiger partial charge in [0.15, 0.2) is 36.7 Å². The third-order valence-corrected chi connectivity index (χ3v) is 16.0. The fourth-order valence-corrected chi connectivity index (χ4v) is 11.3. The van der Waals surface area contributed by atoms with Crippen molar-refractivity contribution >= 4 is 22.3 Å². The van der Waals surface area contributed by atoms with Crippen molar-refractivity contribution in [1.29, 1.82) is 0 Å². The number of phenolic OH excluding ortho intramolecular Hbond substituents is 2. The summed E-state index contributed by atoms with van der Waals surface area (Å²) in [5.74, 6) is -7.00. The molecule has 5 aliphatic heterocycles. The van der Waals surface area contributed by atoms with E-state index >= 15 is 4.79 Å². The number of Topliss-reactive ketones (excluding diaryl/α,β-unsaturated/α-hetero) is 2. The molecule has 25 heteroatoms. The van der Waals surface area contributed by atoms with Crippen LogP contribution in [0.1, 0.15) is 95.1 Å². The minimum Gasteiger partial charge on any atom is -0.507 e. The number of carbonyl (C=O) groups excluding carboxylic acids is 2. The highest BCUT2D eigenvalue weighted by molar-refractivity contribution is 6.11. The van der Waals surface area contributed by atoms with Crippen molar-refractivity contribution in [2.24, 2.45) is 5.92 Å². The number of aliphatic hydroxyl groups is 9. The molecule has 25 nitrogen and oxygen atoms in total. The van der Waals surface area contributed by atoms with Gasteiger partial charge in [0.2, 0.25) is 12.1 Å². The van der Waals surface area contributed by atoms with Crippen molar-refractivity contribution in [3.63, 3.8) is 0 Å². The molecule has 1 aliphatic carbocycles. The molecular formula is C52H76O25. The molecule has 24 atom stereocenters. The van der Waals surface area contributed by atoms with Crippen LogP contribution in [-0.4, -0.2) is 229 Å². The van der Waals surface area contributed by atoms with Crippen LogP contribution in [0.15, 0.2) is 12.1 Å². The molecule has 0 radical (unpaired) electrons. The number of carbonyl (C=O) groups is 2. The first-order valence-electron chi connectivity index (χ1n) is 26.2. The average Bonchev–Trinajstić information content (AvgIpc) is 3.39. The Morgan fingerprint density at radius 3 is 1.77 bits per heavy atom. The summed E-state index contributed by atoms with van der Waals surface area (Å²) < 4.78 is 71.6. The van der Waals surface area contributed by atoms with Gasteiger partial charge in [-0.3, -0.25) is 9.59 Å². The number of aromatic hydroxyl groups is 2. The summed E-state index contributed by atoms with van der Waals surface area (Å²) in [6, 6.07) is 2.99. The quantitative estimate of drug-likeness (QED) is 0.0929. The Bertz CT molecular complexity index is 2370. The van der Waals surface area contributed by atoms with Gasteiger partial charge in [-0.05, 0) is 78.0 Å². The summed E-state index contributed by atoms with van der Waals surface area (Å²) in [6.07, 6.45) is -27.6. The molecule has 0 aromatic heterocycles. The van der Waals surface area contributed by atoms with E-state index in [1.54, 1.807) is 27.7 Å². The minimum absolute atomic E-state index is 0.0475. The van der Waals surface area contributed by atoms with Crippen molar-refractivity contribution in [1.82, 2.24) is 0 Å². The van der Waals surface area contributed by atoms with Gasteiger partial charge in [-0.25, -0.2) is 0 Å². The van der Waals surface area contributed by atoms with Gasteiger partial charge in [0.1, 0.15) is 72.2 Å². The zero-order valence-corrected chi connectivity index (χ0v) is 44.4. The number of hydrogen-bond acceptors (Lipinski definition) is 25. The number of hydrogen-bond donors (Lipinski definition) is 11. The van der Waals surface area contributed by atoms with Crippen LogP contribution in [0.4, 0.5) is 0 Å². The van der Waals surface area contributed by atoms with Crippen LogP contribution in [0.2, 0.25) is 0 Å². The third-order valence-electron chi connectivity index (χ3n) is 16.0. The number of rotatable bonds is 16. The van der Waals surface area contributed by atoms with E-state index < -0.39 is 183 Å². The second kappa shape index (κ2) is 24.0. The fourth-order valence-electron chi connectivity index (χ4n) is 11.3. The van der Waals surface area contributed by atoms with Crippen LogP contribution in [-0.2, 0) is 63.3 Å². The third kappa shape index (κ3) is 12.2. The second-order valence-electron chi connectivity index (χ2n) is 21.4. The molecule has 2 aromatic carbocycles. The lowest BCUT2D eigenvalue weighted by Crippen LogP contribution is -2.62. The maximum absolute atomic E-state index is 15.0. The number of benzene rings is 2. The molecule has 434 valence electrons. The molecule has 5 heterocycles. The molecule has 2 aromatic rings. The van der Waals surface area contributed by atoms with E-state index in [1.807, 2.05) is 0 Å². The zero-order chi connectivity index (χ0) is 56.3. The maximum atomic E-state index is 15.0. The summed E-state index contributed by atoms with van der Waals surface area (Å²) in [5, 5.41) is 121. The molecule has 11 N–H and O–H groups in total. The molecule has 5 unspecified atom stereocenters. The lowest BCUT2D eigenvalue weighted by Gasteiger charge is -2.47. The Morgan fingerprint density at radius 2 is 1.19 bits per heavy atom. The summed E-state index contributed by atoms with van der Waals surface area (Å²) in [6.45, 7) is 10.4. The van der Waals surface area contributed by atoms with Gasteiger partial charge in [-0.1, -0.05) is 0 Å². The second-order valence-corrected chi connectivity index (χ2v) is 21.4. The predicted octanol–water partition coefficient (Wildman–Crippen LogP) is -0.665. The number of methoxy groups -OCH3 is 2. The van der Waals surface area contributed by atoms with Crippen molar-refractivity contribution in [3.8, 4) is 17.2 Å².